The molecule has 4 nitrogen and oxygen atoms in total. The third-order valence-corrected chi connectivity index (χ3v) is 2.47. The van der Waals surface area contributed by atoms with Crippen LogP contribution in [0.25, 0.3) is 0 Å². The highest BCUT2D eigenvalue weighted by Crippen LogP contribution is 2.16. The van der Waals surface area contributed by atoms with Crippen LogP contribution in [-0.2, 0) is 17.6 Å². The summed E-state index contributed by atoms with van der Waals surface area (Å²) in [4.78, 5) is 16.0. The van der Waals surface area contributed by atoms with E-state index in [1.165, 1.54) is 0 Å². The van der Waals surface area contributed by atoms with Gasteiger partial charge in [0.2, 0.25) is 5.76 Å². The monoisotopic (exact) mass is 239 g/mol. The summed E-state index contributed by atoms with van der Waals surface area (Å²) in [5, 5.41) is 0. The topological polar surface area (TPSA) is 52.3 Å². The molecule has 0 spiro atoms. The highest BCUT2D eigenvalue weighted by Gasteiger charge is 2.19. The zero-order valence-electron chi connectivity index (χ0n) is 11.1. The second-order valence-electron chi connectivity index (χ2n) is 4.39. The molecule has 0 saturated carbocycles. The number of oxazole rings is 1. The van der Waals surface area contributed by atoms with Crippen LogP contribution in [0.15, 0.2) is 4.42 Å². The van der Waals surface area contributed by atoms with Crippen molar-refractivity contribution < 1.29 is 13.9 Å². The number of rotatable bonds is 6. The molecule has 0 N–H and O–H groups in total. The minimum Gasteiger partial charge on any atom is -0.460 e. The van der Waals surface area contributed by atoms with Gasteiger partial charge in [-0.15, -0.1) is 0 Å². The number of ether oxygens (including phenoxy) is 1. The van der Waals surface area contributed by atoms with Crippen LogP contribution in [0.4, 0.5) is 0 Å². The van der Waals surface area contributed by atoms with Gasteiger partial charge in [-0.3, -0.25) is 0 Å². The lowest BCUT2D eigenvalue weighted by atomic mass is 10.1. The van der Waals surface area contributed by atoms with Crippen molar-refractivity contribution >= 4 is 5.97 Å². The summed E-state index contributed by atoms with van der Waals surface area (Å²) in [7, 11) is 0. The van der Waals surface area contributed by atoms with Crippen molar-refractivity contribution in [3.8, 4) is 0 Å². The largest absolute Gasteiger partial charge is 0.460 e. The van der Waals surface area contributed by atoms with Crippen LogP contribution >= 0.6 is 0 Å². The Labute approximate surface area is 102 Å². The summed E-state index contributed by atoms with van der Waals surface area (Å²) in [5.41, 5.74) is 0.696. The van der Waals surface area contributed by atoms with Gasteiger partial charge in [0, 0.05) is 6.42 Å². The van der Waals surface area contributed by atoms with E-state index in [1.54, 1.807) is 6.92 Å². The normalized spacial score (nSPS) is 10.9. The lowest BCUT2D eigenvalue weighted by molar-refractivity contribution is 0.0486. The molecule has 0 fully saturated rings. The first-order valence-corrected chi connectivity index (χ1v) is 6.24. The summed E-state index contributed by atoms with van der Waals surface area (Å²) in [6.07, 6.45) is 2.45. The Balaban J connectivity index is 2.79. The predicted octanol–water partition coefficient (Wildman–Crippen LogP) is 3.00. The van der Waals surface area contributed by atoms with E-state index in [-0.39, 0.29) is 5.76 Å². The van der Waals surface area contributed by atoms with Gasteiger partial charge in [-0.05, 0) is 25.7 Å². The maximum atomic E-state index is 11.6. The van der Waals surface area contributed by atoms with Crippen molar-refractivity contribution in [1.29, 1.82) is 0 Å². The summed E-state index contributed by atoms with van der Waals surface area (Å²) < 4.78 is 10.4. The van der Waals surface area contributed by atoms with Crippen molar-refractivity contribution in [1.82, 2.24) is 4.98 Å². The molecule has 0 saturated heterocycles. The molecule has 0 radical (unpaired) electrons. The first-order valence-electron chi connectivity index (χ1n) is 6.24. The van der Waals surface area contributed by atoms with Crippen LogP contribution in [-0.4, -0.2) is 17.6 Å². The Morgan fingerprint density at radius 1 is 1.41 bits per heavy atom. The summed E-state index contributed by atoms with van der Waals surface area (Å²) in [6.45, 7) is 8.38. The van der Waals surface area contributed by atoms with Gasteiger partial charge in [-0.25, -0.2) is 9.78 Å². The highest BCUT2D eigenvalue weighted by atomic mass is 16.5. The van der Waals surface area contributed by atoms with Crippen molar-refractivity contribution in [2.45, 2.75) is 47.0 Å². The van der Waals surface area contributed by atoms with E-state index < -0.39 is 5.97 Å². The first kappa shape index (κ1) is 13.7. The van der Waals surface area contributed by atoms with Crippen LogP contribution in [0.2, 0.25) is 0 Å². The van der Waals surface area contributed by atoms with E-state index in [2.05, 4.69) is 18.8 Å². The summed E-state index contributed by atoms with van der Waals surface area (Å²) in [5.74, 6) is 1.09. The van der Waals surface area contributed by atoms with Gasteiger partial charge >= 0.3 is 5.97 Å². The van der Waals surface area contributed by atoms with Crippen LogP contribution in [0.5, 0.6) is 0 Å². The van der Waals surface area contributed by atoms with Crippen molar-refractivity contribution in [3.05, 3.63) is 17.3 Å². The zero-order chi connectivity index (χ0) is 12.8. The number of carbonyl (C=O) groups excluding carboxylic acids is 1. The van der Waals surface area contributed by atoms with Crippen LogP contribution in [0, 0.1) is 5.92 Å². The molecule has 0 bridgehead atoms. The zero-order valence-corrected chi connectivity index (χ0v) is 11.1. The third-order valence-electron chi connectivity index (χ3n) is 2.47. The van der Waals surface area contributed by atoms with Gasteiger partial charge in [-0.2, -0.15) is 0 Å². The van der Waals surface area contributed by atoms with Crippen LogP contribution in [0.3, 0.4) is 0 Å². The number of esters is 1. The molecule has 0 aliphatic heterocycles. The summed E-state index contributed by atoms with van der Waals surface area (Å²) >= 11 is 0. The number of nitrogens with zero attached hydrogens (tertiary/aromatic N) is 1. The average molecular weight is 239 g/mol. The molecule has 1 heterocycles. The molecule has 17 heavy (non-hydrogen) atoms. The molecule has 0 aliphatic rings. The minimum atomic E-state index is -0.410. The fourth-order valence-electron chi connectivity index (χ4n) is 1.52. The molecule has 0 aromatic carbocycles. The van der Waals surface area contributed by atoms with Gasteiger partial charge in [0.1, 0.15) is 0 Å². The van der Waals surface area contributed by atoms with Gasteiger partial charge in [0.25, 0.3) is 0 Å². The number of aromatic nitrogens is 1. The lowest BCUT2D eigenvalue weighted by Crippen LogP contribution is -2.05. The standard InChI is InChI=1S/C13H21NO3/c1-5-10-12(13(15)16-6-2)17-11(14-10)8-7-9(3)4/h9H,5-8H2,1-4H3. The van der Waals surface area contributed by atoms with Crippen molar-refractivity contribution in [2.75, 3.05) is 6.61 Å². The maximum absolute atomic E-state index is 11.6. The van der Waals surface area contributed by atoms with E-state index in [9.17, 15) is 4.79 Å². The van der Waals surface area contributed by atoms with Gasteiger partial charge in [-0.1, -0.05) is 20.8 Å². The first-order chi connectivity index (χ1) is 8.08. The quantitative estimate of drug-likeness (QED) is 0.716. The molecular weight excluding hydrogens is 218 g/mol. The number of hydrogen-bond donors (Lipinski definition) is 0. The molecule has 1 aromatic heterocycles. The minimum absolute atomic E-state index is 0.271. The molecule has 0 aliphatic carbocycles. The Kier molecular flexibility index (Phi) is 5.19. The molecule has 0 amide bonds. The second kappa shape index (κ2) is 6.42. The Hall–Kier alpha value is -1.32. The fraction of sp³-hybridized carbons (Fsp3) is 0.692. The smallest absolute Gasteiger partial charge is 0.376 e. The van der Waals surface area contributed by atoms with Crippen LogP contribution < -0.4 is 0 Å². The molecule has 1 rings (SSSR count). The second-order valence-corrected chi connectivity index (χ2v) is 4.39. The van der Waals surface area contributed by atoms with E-state index >= 15 is 0 Å². The average Bonchev–Trinajstić information content (AvgIpc) is 2.70. The lowest BCUT2D eigenvalue weighted by Gasteiger charge is -2.00. The molecule has 96 valence electrons. The summed E-state index contributed by atoms with van der Waals surface area (Å²) in [6, 6.07) is 0. The van der Waals surface area contributed by atoms with Crippen molar-refractivity contribution in [2.24, 2.45) is 5.92 Å². The van der Waals surface area contributed by atoms with E-state index in [4.69, 9.17) is 9.15 Å². The van der Waals surface area contributed by atoms with Gasteiger partial charge < -0.3 is 9.15 Å². The van der Waals surface area contributed by atoms with Gasteiger partial charge in [0.05, 0.1) is 12.3 Å². The third kappa shape index (κ3) is 3.88. The Bertz CT molecular complexity index is 369. The molecular formula is C13H21NO3. The SMILES string of the molecule is CCOC(=O)c1oc(CCC(C)C)nc1CC. The number of hydrogen-bond acceptors (Lipinski definition) is 4. The predicted molar refractivity (Wildman–Crippen MR) is 65.0 cm³/mol. The molecule has 0 atom stereocenters. The van der Waals surface area contributed by atoms with E-state index in [1.807, 2.05) is 6.92 Å². The molecule has 1 aromatic rings. The molecule has 0 unspecified atom stereocenters. The number of aryl methyl sites for hydroxylation is 2. The Morgan fingerprint density at radius 3 is 2.65 bits per heavy atom. The fourth-order valence-corrected chi connectivity index (χ4v) is 1.52. The number of carbonyl (C=O) groups is 1. The maximum Gasteiger partial charge on any atom is 0.376 e. The highest BCUT2D eigenvalue weighted by molar-refractivity contribution is 5.87. The molecule has 4 heteroatoms. The van der Waals surface area contributed by atoms with Gasteiger partial charge in [0.15, 0.2) is 5.89 Å². The van der Waals surface area contributed by atoms with E-state index in [0.717, 1.165) is 12.8 Å². The Morgan fingerprint density at radius 2 is 2.12 bits per heavy atom. The van der Waals surface area contributed by atoms with Crippen molar-refractivity contribution in [3.63, 3.8) is 0 Å². The van der Waals surface area contributed by atoms with Crippen LogP contribution in [0.1, 0.15) is 56.3 Å². The van der Waals surface area contributed by atoms with E-state index in [0.29, 0.717) is 30.5 Å².